The van der Waals surface area contributed by atoms with Crippen molar-refractivity contribution < 1.29 is 4.79 Å². The third-order valence-electron chi connectivity index (χ3n) is 5.00. The second-order valence-corrected chi connectivity index (χ2v) is 7.11. The molecule has 1 amide bonds. The van der Waals surface area contributed by atoms with E-state index < -0.39 is 0 Å². The maximum Gasteiger partial charge on any atom is 0.331 e. The molecule has 130 valence electrons. The van der Waals surface area contributed by atoms with Gasteiger partial charge in [-0.05, 0) is 44.7 Å². The molecule has 1 aliphatic carbocycles. The number of carbonyl (C=O) groups excluding carboxylic acids is 1. The van der Waals surface area contributed by atoms with Crippen molar-refractivity contribution in [3.8, 4) is 0 Å². The molecule has 2 heterocycles. The summed E-state index contributed by atoms with van der Waals surface area (Å²) in [7, 11) is 0. The molecule has 6 heteroatoms. The van der Waals surface area contributed by atoms with Gasteiger partial charge in [0.1, 0.15) is 6.54 Å². The molecule has 24 heavy (non-hydrogen) atoms. The Hall–Kier alpha value is -2.11. The van der Waals surface area contributed by atoms with Gasteiger partial charge in [0.2, 0.25) is 5.91 Å². The molecule has 6 nitrogen and oxygen atoms in total. The van der Waals surface area contributed by atoms with Gasteiger partial charge in [0, 0.05) is 18.3 Å². The lowest BCUT2D eigenvalue weighted by Gasteiger charge is -2.29. The summed E-state index contributed by atoms with van der Waals surface area (Å²) in [4.78, 5) is 29.6. The maximum absolute atomic E-state index is 12.7. The lowest BCUT2D eigenvalue weighted by Crippen LogP contribution is -2.43. The number of fused-ring (bicyclic) bond motifs is 1. The monoisotopic (exact) mass is 330 g/mol. The quantitative estimate of drug-likeness (QED) is 0.936. The van der Waals surface area contributed by atoms with Crippen LogP contribution in [-0.2, 0) is 11.3 Å². The predicted molar refractivity (Wildman–Crippen MR) is 93.9 cm³/mol. The van der Waals surface area contributed by atoms with Gasteiger partial charge < -0.3 is 5.32 Å². The van der Waals surface area contributed by atoms with E-state index in [-0.39, 0.29) is 30.2 Å². The Morgan fingerprint density at radius 3 is 2.83 bits per heavy atom. The van der Waals surface area contributed by atoms with Crippen molar-refractivity contribution in [2.75, 3.05) is 0 Å². The predicted octanol–water partition coefficient (Wildman–Crippen LogP) is 2.47. The zero-order chi connectivity index (χ0) is 17.3. The maximum atomic E-state index is 12.7. The number of hydrogen-bond acceptors (Lipinski definition) is 3. The van der Waals surface area contributed by atoms with E-state index in [1.54, 1.807) is 16.8 Å². The van der Waals surface area contributed by atoms with Crippen LogP contribution in [0.2, 0.25) is 0 Å². The van der Waals surface area contributed by atoms with E-state index in [0.29, 0.717) is 17.1 Å². The molecule has 0 radical (unpaired) electrons. The minimum absolute atomic E-state index is 0.00224. The van der Waals surface area contributed by atoms with E-state index in [0.717, 1.165) is 19.3 Å². The first-order chi connectivity index (χ1) is 11.5. The zero-order valence-electron chi connectivity index (χ0n) is 14.7. The van der Waals surface area contributed by atoms with Crippen LogP contribution in [0, 0.1) is 5.92 Å². The summed E-state index contributed by atoms with van der Waals surface area (Å²) in [5.41, 5.74) is 1.17. The van der Waals surface area contributed by atoms with Gasteiger partial charge in [-0.1, -0.05) is 19.8 Å². The van der Waals surface area contributed by atoms with Crippen molar-refractivity contribution in [2.24, 2.45) is 5.92 Å². The minimum atomic E-state index is -0.175. The standard InChI is InChI=1S/C18H26N4O2/c1-12(2)22-17-15(9-6-10-19-17)21(18(22)24)11-16(23)20-14-8-5-4-7-13(14)3/h6,9-10,12-14H,4-5,7-8,11H2,1-3H3,(H,20,23). The Bertz CT molecular complexity index is 790. The molecule has 3 rings (SSSR count). The van der Waals surface area contributed by atoms with Crippen LogP contribution in [0.1, 0.15) is 52.5 Å². The highest BCUT2D eigenvalue weighted by molar-refractivity contribution is 5.79. The van der Waals surface area contributed by atoms with Gasteiger partial charge >= 0.3 is 5.69 Å². The Morgan fingerprint density at radius 1 is 1.38 bits per heavy atom. The molecule has 0 saturated heterocycles. The van der Waals surface area contributed by atoms with Crippen LogP contribution in [-0.4, -0.2) is 26.1 Å². The second kappa shape index (κ2) is 6.79. The van der Waals surface area contributed by atoms with Crippen LogP contribution < -0.4 is 11.0 Å². The summed E-state index contributed by atoms with van der Waals surface area (Å²) in [6.07, 6.45) is 6.25. The molecular formula is C18H26N4O2. The molecule has 2 aromatic rings. The molecule has 2 atom stereocenters. The number of hydrogen-bond donors (Lipinski definition) is 1. The third kappa shape index (κ3) is 3.09. The molecule has 2 aromatic heterocycles. The highest BCUT2D eigenvalue weighted by atomic mass is 16.2. The average molecular weight is 330 g/mol. The number of nitrogens with one attached hydrogen (secondary N) is 1. The van der Waals surface area contributed by atoms with Crippen molar-refractivity contribution in [3.05, 3.63) is 28.8 Å². The smallest absolute Gasteiger partial charge is 0.331 e. The molecule has 1 saturated carbocycles. The summed E-state index contributed by atoms with van der Waals surface area (Å²) < 4.78 is 3.18. The highest BCUT2D eigenvalue weighted by Crippen LogP contribution is 2.23. The SMILES string of the molecule is CC1CCCCC1NC(=O)Cn1c(=O)n(C(C)C)c2ncccc21. The van der Waals surface area contributed by atoms with E-state index in [4.69, 9.17) is 0 Å². The number of rotatable bonds is 4. The van der Waals surface area contributed by atoms with Gasteiger partial charge in [0.25, 0.3) is 0 Å². The Balaban J connectivity index is 1.86. The first-order valence-corrected chi connectivity index (χ1v) is 8.84. The van der Waals surface area contributed by atoms with E-state index in [9.17, 15) is 9.59 Å². The van der Waals surface area contributed by atoms with Crippen molar-refractivity contribution in [1.82, 2.24) is 19.4 Å². The van der Waals surface area contributed by atoms with Crippen molar-refractivity contribution >= 4 is 17.1 Å². The van der Waals surface area contributed by atoms with Crippen LogP contribution in [0.25, 0.3) is 11.2 Å². The normalized spacial score (nSPS) is 21.3. The summed E-state index contributed by atoms with van der Waals surface area (Å²) in [5, 5.41) is 3.12. The van der Waals surface area contributed by atoms with Gasteiger partial charge in [0.15, 0.2) is 5.65 Å². The Labute approximate surface area is 141 Å². The summed E-state index contributed by atoms with van der Waals surface area (Å²) >= 11 is 0. The molecule has 2 unspecified atom stereocenters. The summed E-state index contributed by atoms with van der Waals surface area (Å²) in [5.74, 6) is 0.403. The van der Waals surface area contributed by atoms with Crippen LogP contribution >= 0.6 is 0 Å². The van der Waals surface area contributed by atoms with E-state index >= 15 is 0 Å². The molecule has 1 aliphatic rings. The number of nitrogens with zero attached hydrogens (tertiary/aromatic N) is 3. The van der Waals surface area contributed by atoms with Crippen LogP contribution in [0.15, 0.2) is 23.1 Å². The fraction of sp³-hybridized carbons (Fsp3) is 0.611. The zero-order valence-corrected chi connectivity index (χ0v) is 14.7. The van der Waals surface area contributed by atoms with E-state index in [1.165, 1.54) is 11.0 Å². The molecule has 0 bridgehead atoms. The first kappa shape index (κ1) is 16.7. The van der Waals surface area contributed by atoms with E-state index in [1.807, 2.05) is 19.9 Å². The summed E-state index contributed by atoms with van der Waals surface area (Å²) in [6, 6.07) is 3.86. The van der Waals surface area contributed by atoms with Crippen LogP contribution in [0.4, 0.5) is 0 Å². The number of amides is 1. The van der Waals surface area contributed by atoms with Gasteiger partial charge in [0.05, 0.1) is 5.52 Å². The van der Waals surface area contributed by atoms with Crippen molar-refractivity contribution in [2.45, 2.75) is 65.1 Å². The number of pyridine rings is 1. The van der Waals surface area contributed by atoms with Gasteiger partial charge in [-0.2, -0.15) is 0 Å². The second-order valence-electron chi connectivity index (χ2n) is 7.11. The lowest BCUT2D eigenvalue weighted by molar-refractivity contribution is -0.122. The van der Waals surface area contributed by atoms with E-state index in [2.05, 4.69) is 17.2 Å². The van der Waals surface area contributed by atoms with Gasteiger partial charge in [-0.25, -0.2) is 9.78 Å². The number of aromatic nitrogens is 3. The topological polar surface area (TPSA) is 68.9 Å². The molecule has 0 aliphatic heterocycles. The average Bonchev–Trinajstić information content (AvgIpc) is 2.82. The largest absolute Gasteiger partial charge is 0.352 e. The Morgan fingerprint density at radius 2 is 2.12 bits per heavy atom. The van der Waals surface area contributed by atoms with Gasteiger partial charge in [-0.15, -0.1) is 0 Å². The fourth-order valence-electron chi connectivity index (χ4n) is 3.65. The third-order valence-corrected chi connectivity index (χ3v) is 5.00. The molecule has 1 N–H and O–H groups in total. The molecule has 0 aromatic carbocycles. The minimum Gasteiger partial charge on any atom is -0.352 e. The van der Waals surface area contributed by atoms with Gasteiger partial charge in [-0.3, -0.25) is 13.9 Å². The number of imidazole rings is 1. The van der Waals surface area contributed by atoms with Crippen molar-refractivity contribution in [1.29, 1.82) is 0 Å². The summed E-state index contributed by atoms with van der Waals surface area (Å²) in [6.45, 7) is 6.13. The number of carbonyl (C=O) groups is 1. The molecule has 0 spiro atoms. The van der Waals surface area contributed by atoms with Crippen LogP contribution in [0.5, 0.6) is 0 Å². The fourth-order valence-corrected chi connectivity index (χ4v) is 3.65. The molecule has 1 fully saturated rings. The molecular weight excluding hydrogens is 304 g/mol. The lowest BCUT2D eigenvalue weighted by atomic mass is 9.86. The first-order valence-electron chi connectivity index (χ1n) is 8.84. The highest BCUT2D eigenvalue weighted by Gasteiger charge is 2.24. The van der Waals surface area contributed by atoms with Crippen LogP contribution in [0.3, 0.4) is 0 Å². The van der Waals surface area contributed by atoms with Crippen molar-refractivity contribution in [3.63, 3.8) is 0 Å². The Kier molecular flexibility index (Phi) is 4.73.